The third-order valence-corrected chi connectivity index (χ3v) is 7.29. The van der Waals surface area contributed by atoms with Crippen molar-refractivity contribution in [1.29, 1.82) is 0 Å². The molecule has 0 atom stereocenters. The van der Waals surface area contributed by atoms with Crippen molar-refractivity contribution in [3.8, 4) is 11.3 Å². The van der Waals surface area contributed by atoms with Crippen LogP contribution in [0, 0.1) is 12.7 Å². The van der Waals surface area contributed by atoms with E-state index in [1.807, 2.05) is 18.3 Å². The van der Waals surface area contributed by atoms with Gasteiger partial charge in [0.15, 0.2) is 0 Å². The van der Waals surface area contributed by atoms with Crippen LogP contribution in [0.2, 0.25) is 5.02 Å². The molecule has 0 bridgehead atoms. The molecule has 0 saturated carbocycles. The Morgan fingerprint density at radius 3 is 2.31 bits per heavy atom. The van der Waals surface area contributed by atoms with Gasteiger partial charge in [0.25, 0.3) is 0 Å². The summed E-state index contributed by atoms with van der Waals surface area (Å²) in [6, 6.07) is 10.9. The highest BCUT2D eigenvalue weighted by molar-refractivity contribution is 6.31. The summed E-state index contributed by atoms with van der Waals surface area (Å²) in [6.07, 6.45) is 3.01. The van der Waals surface area contributed by atoms with E-state index in [-0.39, 0.29) is 5.02 Å². The number of halogens is 2. The van der Waals surface area contributed by atoms with E-state index in [0.717, 1.165) is 94.2 Å². The number of aromatic nitrogens is 3. The van der Waals surface area contributed by atoms with Crippen molar-refractivity contribution in [2.45, 2.75) is 20.3 Å². The maximum absolute atomic E-state index is 13.9. The molecule has 2 aliphatic rings. The zero-order valence-electron chi connectivity index (χ0n) is 21.0. The number of hydrogen-bond donors (Lipinski definition) is 0. The van der Waals surface area contributed by atoms with Gasteiger partial charge in [0.1, 0.15) is 17.5 Å². The highest BCUT2D eigenvalue weighted by Crippen LogP contribution is 2.29. The standard InChI is InChI=1S/C27H33ClFN7/c1-3-9-33-10-12-36(13-11-33)27-31-24(21-6-7-23(29)22(28)18-21)19-25(32-27)34-14-16-35(17-15-34)26-20(2)5-4-8-30-26/h4-8,18-19H,3,9-17H2,1-2H3. The van der Waals surface area contributed by atoms with Crippen LogP contribution in [0.5, 0.6) is 0 Å². The third kappa shape index (κ3) is 5.39. The molecule has 0 amide bonds. The molecule has 2 fully saturated rings. The van der Waals surface area contributed by atoms with Crippen molar-refractivity contribution in [3.05, 3.63) is 59.0 Å². The molecule has 0 radical (unpaired) electrons. The Bertz CT molecular complexity index is 1190. The summed E-state index contributed by atoms with van der Waals surface area (Å²) in [6.45, 7) is 12.6. The van der Waals surface area contributed by atoms with Gasteiger partial charge in [-0.3, -0.25) is 4.90 Å². The van der Waals surface area contributed by atoms with Crippen molar-refractivity contribution in [3.63, 3.8) is 0 Å². The minimum atomic E-state index is -0.428. The van der Waals surface area contributed by atoms with E-state index in [2.05, 4.69) is 44.5 Å². The summed E-state index contributed by atoms with van der Waals surface area (Å²) in [5.74, 6) is 2.24. The fourth-order valence-corrected chi connectivity index (χ4v) is 5.15. The number of nitrogens with zero attached hydrogens (tertiary/aromatic N) is 7. The van der Waals surface area contributed by atoms with Crippen LogP contribution >= 0.6 is 11.6 Å². The second kappa shape index (κ2) is 11.0. The average molecular weight is 510 g/mol. The normalized spacial score (nSPS) is 17.1. The average Bonchev–Trinajstić information content (AvgIpc) is 2.91. The molecule has 2 aromatic heterocycles. The van der Waals surface area contributed by atoms with E-state index in [1.165, 1.54) is 11.6 Å². The zero-order valence-corrected chi connectivity index (χ0v) is 21.8. The fraction of sp³-hybridized carbons (Fsp3) is 0.444. The van der Waals surface area contributed by atoms with Gasteiger partial charge in [-0.25, -0.2) is 14.4 Å². The van der Waals surface area contributed by atoms with Gasteiger partial charge < -0.3 is 14.7 Å². The van der Waals surface area contributed by atoms with Gasteiger partial charge in [-0.05, 0) is 49.7 Å². The maximum Gasteiger partial charge on any atom is 0.227 e. The van der Waals surface area contributed by atoms with Crippen molar-refractivity contribution < 1.29 is 4.39 Å². The molecule has 3 aromatic rings. The quantitative estimate of drug-likeness (QED) is 0.485. The molecule has 9 heteroatoms. The van der Waals surface area contributed by atoms with Crippen LogP contribution in [-0.4, -0.2) is 78.8 Å². The molecule has 7 nitrogen and oxygen atoms in total. The number of pyridine rings is 1. The van der Waals surface area contributed by atoms with Gasteiger partial charge >= 0.3 is 0 Å². The largest absolute Gasteiger partial charge is 0.353 e. The van der Waals surface area contributed by atoms with Gasteiger partial charge in [0.2, 0.25) is 5.95 Å². The number of rotatable bonds is 6. The molecule has 4 heterocycles. The van der Waals surface area contributed by atoms with E-state index >= 15 is 0 Å². The number of benzene rings is 1. The number of piperazine rings is 2. The van der Waals surface area contributed by atoms with E-state index < -0.39 is 5.82 Å². The van der Waals surface area contributed by atoms with Gasteiger partial charge in [0.05, 0.1) is 10.7 Å². The maximum atomic E-state index is 13.9. The van der Waals surface area contributed by atoms with Crippen molar-refractivity contribution in [2.75, 3.05) is 73.6 Å². The highest BCUT2D eigenvalue weighted by atomic mass is 35.5. The molecule has 36 heavy (non-hydrogen) atoms. The van der Waals surface area contributed by atoms with Gasteiger partial charge in [-0.2, -0.15) is 4.98 Å². The molecule has 0 N–H and O–H groups in total. The molecule has 5 rings (SSSR count). The summed E-state index contributed by atoms with van der Waals surface area (Å²) in [4.78, 5) is 23.9. The van der Waals surface area contributed by atoms with E-state index in [1.54, 1.807) is 12.1 Å². The SMILES string of the molecule is CCCN1CCN(c2nc(-c3ccc(F)c(Cl)c3)cc(N3CCN(c4ncccc4C)CC3)n2)CC1. The molecule has 0 aliphatic carbocycles. The van der Waals surface area contributed by atoms with E-state index in [4.69, 9.17) is 21.6 Å². The monoisotopic (exact) mass is 509 g/mol. The highest BCUT2D eigenvalue weighted by Gasteiger charge is 2.24. The number of anilines is 3. The summed E-state index contributed by atoms with van der Waals surface area (Å²) in [7, 11) is 0. The van der Waals surface area contributed by atoms with Gasteiger partial charge in [-0.15, -0.1) is 0 Å². The first kappa shape index (κ1) is 24.7. The minimum Gasteiger partial charge on any atom is -0.353 e. The summed E-state index contributed by atoms with van der Waals surface area (Å²) in [5.41, 5.74) is 2.74. The number of hydrogen-bond acceptors (Lipinski definition) is 7. The topological polar surface area (TPSA) is 51.6 Å². The lowest BCUT2D eigenvalue weighted by atomic mass is 10.1. The minimum absolute atomic E-state index is 0.0988. The van der Waals surface area contributed by atoms with Crippen LogP contribution in [0.3, 0.4) is 0 Å². The Balaban J connectivity index is 1.41. The van der Waals surface area contributed by atoms with Crippen LogP contribution in [0.1, 0.15) is 18.9 Å². The lowest BCUT2D eigenvalue weighted by Gasteiger charge is -2.38. The molecule has 2 saturated heterocycles. The predicted molar refractivity (Wildman–Crippen MR) is 145 cm³/mol. The Morgan fingerprint density at radius 1 is 0.889 bits per heavy atom. The predicted octanol–water partition coefficient (Wildman–Crippen LogP) is 4.50. The van der Waals surface area contributed by atoms with E-state index in [9.17, 15) is 4.39 Å². The molecular weight excluding hydrogens is 477 g/mol. The van der Waals surface area contributed by atoms with Crippen LogP contribution < -0.4 is 14.7 Å². The van der Waals surface area contributed by atoms with Crippen LogP contribution in [0.15, 0.2) is 42.6 Å². The fourth-order valence-electron chi connectivity index (χ4n) is 4.97. The van der Waals surface area contributed by atoms with Crippen molar-refractivity contribution in [1.82, 2.24) is 19.9 Å². The van der Waals surface area contributed by atoms with Crippen molar-refractivity contribution >= 4 is 29.2 Å². The molecule has 2 aliphatic heterocycles. The van der Waals surface area contributed by atoms with Gasteiger partial charge in [0, 0.05) is 70.2 Å². The number of aryl methyl sites for hydroxylation is 1. The molecular formula is C27H33ClFN7. The second-order valence-electron chi connectivity index (χ2n) is 9.49. The first-order valence-electron chi connectivity index (χ1n) is 12.7. The smallest absolute Gasteiger partial charge is 0.227 e. The Kier molecular flexibility index (Phi) is 7.53. The molecule has 0 spiro atoms. The second-order valence-corrected chi connectivity index (χ2v) is 9.89. The van der Waals surface area contributed by atoms with Gasteiger partial charge in [-0.1, -0.05) is 24.6 Å². The first-order valence-corrected chi connectivity index (χ1v) is 13.1. The lowest BCUT2D eigenvalue weighted by molar-refractivity contribution is 0.257. The Morgan fingerprint density at radius 2 is 1.61 bits per heavy atom. The summed E-state index contributed by atoms with van der Waals surface area (Å²) in [5, 5.41) is 0.0988. The Hall–Kier alpha value is -2.97. The van der Waals surface area contributed by atoms with E-state index in [0.29, 0.717) is 0 Å². The third-order valence-electron chi connectivity index (χ3n) is 7.00. The summed E-state index contributed by atoms with van der Waals surface area (Å²) < 4.78 is 13.9. The van der Waals surface area contributed by atoms with Crippen LogP contribution in [0.4, 0.5) is 22.0 Å². The van der Waals surface area contributed by atoms with Crippen LogP contribution in [-0.2, 0) is 0 Å². The summed E-state index contributed by atoms with van der Waals surface area (Å²) >= 11 is 6.12. The zero-order chi connectivity index (χ0) is 25.1. The van der Waals surface area contributed by atoms with Crippen LogP contribution in [0.25, 0.3) is 11.3 Å². The first-order chi connectivity index (χ1) is 17.5. The molecule has 0 unspecified atom stereocenters. The Labute approximate surface area is 217 Å². The van der Waals surface area contributed by atoms with Crippen molar-refractivity contribution in [2.24, 2.45) is 0 Å². The molecule has 1 aromatic carbocycles. The lowest BCUT2D eigenvalue weighted by Crippen LogP contribution is -2.48. The molecule has 190 valence electrons.